The van der Waals surface area contributed by atoms with E-state index in [1.807, 2.05) is 25.2 Å². The van der Waals surface area contributed by atoms with Crippen molar-refractivity contribution in [3.63, 3.8) is 0 Å². The lowest BCUT2D eigenvalue weighted by Crippen LogP contribution is -2.03. The highest BCUT2D eigenvalue weighted by Gasteiger charge is 2.07. The molecule has 5 heteroatoms. The van der Waals surface area contributed by atoms with Crippen LogP contribution >= 0.6 is 0 Å². The first kappa shape index (κ1) is 15.0. The van der Waals surface area contributed by atoms with Gasteiger partial charge in [-0.2, -0.15) is 4.98 Å². The van der Waals surface area contributed by atoms with Crippen LogP contribution in [-0.2, 0) is 0 Å². The van der Waals surface area contributed by atoms with Gasteiger partial charge in [-0.15, -0.1) is 0 Å². The molecule has 0 atom stereocenters. The van der Waals surface area contributed by atoms with Crippen LogP contribution in [0.1, 0.15) is 11.1 Å². The molecule has 0 bridgehead atoms. The third-order valence-corrected chi connectivity index (χ3v) is 3.56. The molecule has 0 spiro atoms. The van der Waals surface area contributed by atoms with Crippen molar-refractivity contribution in [3.05, 3.63) is 59.9 Å². The molecule has 0 unspecified atom stereocenters. The number of aryl methyl sites for hydroxylation is 2. The second-order valence-corrected chi connectivity index (χ2v) is 5.40. The molecule has 3 rings (SSSR count). The summed E-state index contributed by atoms with van der Waals surface area (Å²) in [7, 11) is 1.81. The number of aromatic nitrogens is 3. The van der Waals surface area contributed by atoms with Gasteiger partial charge in [-0.1, -0.05) is 12.1 Å². The summed E-state index contributed by atoms with van der Waals surface area (Å²) in [6.07, 6.45) is 3.54. The Bertz CT molecular complexity index is 815. The van der Waals surface area contributed by atoms with Gasteiger partial charge in [0.2, 0.25) is 5.95 Å². The fourth-order valence-electron chi connectivity index (χ4n) is 2.29. The first-order valence-electron chi connectivity index (χ1n) is 7.47. The predicted molar refractivity (Wildman–Crippen MR) is 94.0 cm³/mol. The van der Waals surface area contributed by atoms with E-state index in [1.165, 1.54) is 11.1 Å². The van der Waals surface area contributed by atoms with Gasteiger partial charge in [0.25, 0.3) is 0 Å². The Kier molecular flexibility index (Phi) is 4.19. The van der Waals surface area contributed by atoms with E-state index < -0.39 is 0 Å². The van der Waals surface area contributed by atoms with Gasteiger partial charge in [-0.3, -0.25) is 4.98 Å². The second-order valence-electron chi connectivity index (χ2n) is 5.40. The Morgan fingerprint density at radius 1 is 1.00 bits per heavy atom. The number of rotatable bonds is 4. The van der Waals surface area contributed by atoms with Crippen molar-refractivity contribution in [1.82, 2.24) is 15.0 Å². The van der Waals surface area contributed by atoms with Crippen molar-refractivity contribution in [1.29, 1.82) is 0 Å². The van der Waals surface area contributed by atoms with E-state index in [1.54, 1.807) is 12.4 Å². The highest BCUT2D eigenvalue weighted by Crippen LogP contribution is 2.25. The Morgan fingerprint density at radius 3 is 2.61 bits per heavy atom. The minimum atomic E-state index is 0.569. The zero-order valence-corrected chi connectivity index (χ0v) is 13.5. The van der Waals surface area contributed by atoms with Crippen LogP contribution in [0.15, 0.2) is 48.8 Å². The van der Waals surface area contributed by atoms with Crippen molar-refractivity contribution in [2.24, 2.45) is 0 Å². The third kappa shape index (κ3) is 3.45. The average molecular weight is 305 g/mol. The Morgan fingerprint density at radius 2 is 1.87 bits per heavy atom. The van der Waals surface area contributed by atoms with E-state index in [0.29, 0.717) is 5.95 Å². The summed E-state index contributed by atoms with van der Waals surface area (Å²) < 4.78 is 0. The summed E-state index contributed by atoms with van der Waals surface area (Å²) in [5, 5.41) is 6.39. The molecule has 0 aliphatic carbocycles. The molecule has 3 aromatic rings. The standard InChI is InChI=1S/C18H19N5/c1-12-6-7-13(2)15(9-12)21-17-10-16(22-18(19-3)23-17)14-5-4-8-20-11-14/h4-11H,1-3H3,(H2,19,21,22,23). The molecule has 1 aromatic carbocycles. The minimum absolute atomic E-state index is 0.569. The summed E-state index contributed by atoms with van der Waals surface area (Å²) in [5.74, 6) is 1.32. The van der Waals surface area contributed by atoms with Crippen molar-refractivity contribution in [2.75, 3.05) is 17.7 Å². The van der Waals surface area contributed by atoms with E-state index in [9.17, 15) is 0 Å². The van der Waals surface area contributed by atoms with E-state index in [0.717, 1.165) is 22.8 Å². The van der Waals surface area contributed by atoms with Gasteiger partial charge in [0, 0.05) is 36.8 Å². The molecular weight excluding hydrogens is 286 g/mol. The molecule has 0 saturated heterocycles. The Balaban J connectivity index is 2.00. The summed E-state index contributed by atoms with van der Waals surface area (Å²) in [5.41, 5.74) is 5.19. The molecule has 0 fully saturated rings. The summed E-state index contributed by atoms with van der Waals surface area (Å²) in [4.78, 5) is 13.1. The molecule has 2 heterocycles. The van der Waals surface area contributed by atoms with Gasteiger partial charge >= 0.3 is 0 Å². The van der Waals surface area contributed by atoms with Crippen molar-refractivity contribution in [2.45, 2.75) is 13.8 Å². The average Bonchev–Trinajstić information content (AvgIpc) is 2.58. The Hall–Kier alpha value is -2.95. The Labute approximate surface area is 135 Å². The third-order valence-electron chi connectivity index (χ3n) is 3.56. The quantitative estimate of drug-likeness (QED) is 0.764. The predicted octanol–water partition coefficient (Wildman–Crippen LogP) is 3.94. The van der Waals surface area contributed by atoms with Crippen LogP contribution in [0.3, 0.4) is 0 Å². The normalized spacial score (nSPS) is 10.4. The molecule has 0 aliphatic rings. The lowest BCUT2D eigenvalue weighted by atomic mass is 10.1. The van der Waals surface area contributed by atoms with Crippen molar-refractivity contribution < 1.29 is 0 Å². The first-order chi connectivity index (χ1) is 11.2. The molecule has 2 aromatic heterocycles. The van der Waals surface area contributed by atoms with Gasteiger partial charge in [0.1, 0.15) is 5.82 Å². The van der Waals surface area contributed by atoms with Crippen LogP contribution in [0.4, 0.5) is 17.5 Å². The van der Waals surface area contributed by atoms with Gasteiger partial charge in [-0.25, -0.2) is 4.98 Å². The number of nitrogens with zero attached hydrogens (tertiary/aromatic N) is 3. The monoisotopic (exact) mass is 305 g/mol. The number of nitrogens with one attached hydrogen (secondary N) is 2. The maximum Gasteiger partial charge on any atom is 0.224 e. The number of hydrogen-bond acceptors (Lipinski definition) is 5. The zero-order chi connectivity index (χ0) is 16.2. The molecule has 0 amide bonds. The number of hydrogen-bond donors (Lipinski definition) is 2. The molecule has 2 N–H and O–H groups in total. The van der Waals surface area contributed by atoms with Gasteiger partial charge < -0.3 is 10.6 Å². The van der Waals surface area contributed by atoms with Crippen molar-refractivity contribution >= 4 is 17.5 Å². The van der Waals surface area contributed by atoms with E-state index in [4.69, 9.17) is 0 Å². The molecule has 5 nitrogen and oxygen atoms in total. The topological polar surface area (TPSA) is 62.7 Å². The number of anilines is 3. The van der Waals surface area contributed by atoms with Crippen LogP contribution < -0.4 is 10.6 Å². The van der Waals surface area contributed by atoms with E-state index in [2.05, 4.69) is 57.6 Å². The maximum atomic E-state index is 4.50. The highest BCUT2D eigenvalue weighted by atomic mass is 15.1. The fraction of sp³-hybridized carbons (Fsp3) is 0.167. The maximum absolute atomic E-state index is 4.50. The van der Waals surface area contributed by atoms with Gasteiger partial charge in [-0.05, 0) is 43.2 Å². The summed E-state index contributed by atoms with van der Waals surface area (Å²) in [6, 6.07) is 12.1. The SMILES string of the molecule is CNc1nc(Nc2cc(C)ccc2C)cc(-c2cccnc2)n1. The molecular formula is C18H19N5. The molecule has 23 heavy (non-hydrogen) atoms. The minimum Gasteiger partial charge on any atom is -0.357 e. The van der Waals surface area contributed by atoms with Crippen LogP contribution in [0.5, 0.6) is 0 Å². The van der Waals surface area contributed by atoms with Crippen LogP contribution in [0.2, 0.25) is 0 Å². The summed E-state index contributed by atoms with van der Waals surface area (Å²) >= 11 is 0. The van der Waals surface area contributed by atoms with Gasteiger partial charge in [0.05, 0.1) is 5.69 Å². The summed E-state index contributed by atoms with van der Waals surface area (Å²) in [6.45, 7) is 4.15. The lowest BCUT2D eigenvalue weighted by molar-refractivity contribution is 1.15. The fourth-order valence-corrected chi connectivity index (χ4v) is 2.29. The molecule has 0 saturated carbocycles. The van der Waals surface area contributed by atoms with E-state index in [-0.39, 0.29) is 0 Å². The lowest BCUT2D eigenvalue weighted by Gasteiger charge is -2.12. The van der Waals surface area contributed by atoms with Crippen molar-refractivity contribution in [3.8, 4) is 11.3 Å². The largest absolute Gasteiger partial charge is 0.357 e. The first-order valence-corrected chi connectivity index (χ1v) is 7.47. The zero-order valence-electron chi connectivity index (χ0n) is 13.5. The molecule has 0 aliphatic heterocycles. The molecule has 116 valence electrons. The van der Waals surface area contributed by atoms with Gasteiger partial charge in [0.15, 0.2) is 0 Å². The van der Waals surface area contributed by atoms with Crippen LogP contribution in [0.25, 0.3) is 11.3 Å². The van der Waals surface area contributed by atoms with Crippen LogP contribution in [0, 0.1) is 13.8 Å². The number of benzene rings is 1. The second kappa shape index (κ2) is 6.44. The highest BCUT2D eigenvalue weighted by molar-refractivity contribution is 5.68. The molecule has 0 radical (unpaired) electrons. The van der Waals surface area contributed by atoms with Crippen LogP contribution in [-0.4, -0.2) is 22.0 Å². The smallest absolute Gasteiger partial charge is 0.224 e. The van der Waals surface area contributed by atoms with E-state index >= 15 is 0 Å². The number of pyridine rings is 1.